The lowest BCUT2D eigenvalue weighted by atomic mass is 10.2. The standard InChI is InChI=1S/C12H22N4O2S/c1-9(5-4-6-17)14-11(18)13-7-10-8-19-12(15-10)16(2)3/h8-9,17H,4-7H2,1-3H3,(H2,13,14,18). The van der Waals surface area contributed by atoms with Crippen LogP contribution < -0.4 is 15.5 Å². The minimum atomic E-state index is -0.204. The number of anilines is 1. The second-order valence-electron chi connectivity index (χ2n) is 4.61. The summed E-state index contributed by atoms with van der Waals surface area (Å²) in [6.45, 7) is 2.49. The van der Waals surface area contributed by atoms with Gasteiger partial charge in [-0.2, -0.15) is 0 Å². The fourth-order valence-electron chi connectivity index (χ4n) is 1.50. The molecule has 7 heteroatoms. The van der Waals surface area contributed by atoms with Gasteiger partial charge >= 0.3 is 6.03 Å². The van der Waals surface area contributed by atoms with Gasteiger partial charge in [0.25, 0.3) is 0 Å². The normalized spacial score (nSPS) is 12.0. The second kappa shape index (κ2) is 7.96. The molecule has 0 fully saturated rings. The molecule has 0 aromatic carbocycles. The van der Waals surface area contributed by atoms with E-state index in [2.05, 4.69) is 15.6 Å². The Morgan fingerprint density at radius 3 is 2.89 bits per heavy atom. The highest BCUT2D eigenvalue weighted by Gasteiger charge is 2.08. The fraction of sp³-hybridized carbons (Fsp3) is 0.667. The number of rotatable bonds is 7. The minimum absolute atomic E-state index is 0.0555. The van der Waals surface area contributed by atoms with E-state index >= 15 is 0 Å². The van der Waals surface area contributed by atoms with Crippen LogP contribution in [0.3, 0.4) is 0 Å². The van der Waals surface area contributed by atoms with Gasteiger partial charge in [0.2, 0.25) is 0 Å². The van der Waals surface area contributed by atoms with Crippen molar-refractivity contribution in [3.63, 3.8) is 0 Å². The summed E-state index contributed by atoms with van der Waals surface area (Å²) in [4.78, 5) is 17.9. The van der Waals surface area contributed by atoms with E-state index in [1.165, 1.54) is 0 Å². The number of thiazole rings is 1. The molecular formula is C12H22N4O2S. The molecule has 1 rings (SSSR count). The Bertz CT molecular complexity index is 395. The molecule has 1 aromatic rings. The first-order valence-electron chi connectivity index (χ1n) is 6.30. The lowest BCUT2D eigenvalue weighted by molar-refractivity contribution is 0.234. The van der Waals surface area contributed by atoms with Crippen molar-refractivity contribution in [3.8, 4) is 0 Å². The Hall–Kier alpha value is -1.34. The van der Waals surface area contributed by atoms with Crippen LogP contribution in [-0.4, -0.2) is 42.9 Å². The molecule has 1 atom stereocenters. The van der Waals surface area contributed by atoms with Crippen LogP contribution in [0.25, 0.3) is 0 Å². The van der Waals surface area contributed by atoms with Gasteiger partial charge in [0.1, 0.15) is 0 Å². The molecule has 1 unspecified atom stereocenters. The Morgan fingerprint density at radius 1 is 1.58 bits per heavy atom. The Labute approximate surface area is 117 Å². The quantitative estimate of drug-likeness (QED) is 0.703. The van der Waals surface area contributed by atoms with Gasteiger partial charge in [-0.25, -0.2) is 9.78 Å². The van der Waals surface area contributed by atoms with Crippen molar-refractivity contribution in [2.24, 2.45) is 0 Å². The SMILES string of the molecule is CC(CCCO)NC(=O)NCc1csc(N(C)C)n1. The van der Waals surface area contributed by atoms with Gasteiger partial charge < -0.3 is 20.6 Å². The number of amides is 2. The molecule has 3 N–H and O–H groups in total. The molecule has 19 heavy (non-hydrogen) atoms. The van der Waals surface area contributed by atoms with Gasteiger partial charge in [-0.05, 0) is 19.8 Å². The predicted molar refractivity (Wildman–Crippen MR) is 77.6 cm³/mol. The summed E-state index contributed by atoms with van der Waals surface area (Å²) in [6.07, 6.45) is 1.46. The average molecular weight is 286 g/mol. The Morgan fingerprint density at radius 2 is 2.32 bits per heavy atom. The molecule has 0 bridgehead atoms. The van der Waals surface area contributed by atoms with Crippen molar-refractivity contribution in [1.82, 2.24) is 15.6 Å². The maximum Gasteiger partial charge on any atom is 0.315 e. The zero-order valence-corrected chi connectivity index (χ0v) is 12.5. The molecule has 0 radical (unpaired) electrons. The summed E-state index contributed by atoms with van der Waals surface area (Å²) in [5.74, 6) is 0. The van der Waals surface area contributed by atoms with Crippen LogP contribution in [0.15, 0.2) is 5.38 Å². The zero-order valence-electron chi connectivity index (χ0n) is 11.6. The number of aliphatic hydroxyl groups is 1. The maximum atomic E-state index is 11.6. The lowest BCUT2D eigenvalue weighted by Gasteiger charge is -2.13. The molecule has 0 aliphatic rings. The monoisotopic (exact) mass is 286 g/mol. The number of hydrogen-bond acceptors (Lipinski definition) is 5. The number of nitrogens with zero attached hydrogens (tertiary/aromatic N) is 2. The van der Waals surface area contributed by atoms with Crippen molar-refractivity contribution in [1.29, 1.82) is 0 Å². The van der Waals surface area contributed by atoms with E-state index in [1.807, 2.05) is 31.3 Å². The zero-order chi connectivity index (χ0) is 14.3. The average Bonchev–Trinajstić information content (AvgIpc) is 2.83. The van der Waals surface area contributed by atoms with Gasteiger partial charge in [0.05, 0.1) is 12.2 Å². The van der Waals surface area contributed by atoms with E-state index in [0.29, 0.717) is 13.0 Å². The summed E-state index contributed by atoms with van der Waals surface area (Å²) < 4.78 is 0. The van der Waals surface area contributed by atoms with Gasteiger partial charge in [-0.15, -0.1) is 11.3 Å². The van der Waals surface area contributed by atoms with Crippen LogP contribution in [-0.2, 0) is 6.54 Å². The molecule has 0 aliphatic carbocycles. The summed E-state index contributed by atoms with van der Waals surface area (Å²) in [5, 5.41) is 17.2. The number of aromatic nitrogens is 1. The van der Waals surface area contributed by atoms with Crippen molar-refractivity contribution >= 4 is 22.5 Å². The third kappa shape index (κ3) is 5.89. The highest BCUT2D eigenvalue weighted by Crippen LogP contribution is 2.17. The summed E-state index contributed by atoms with van der Waals surface area (Å²) in [5.41, 5.74) is 0.854. The van der Waals surface area contributed by atoms with Crippen LogP contribution in [0, 0.1) is 0 Å². The molecule has 108 valence electrons. The van der Waals surface area contributed by atoms with Crippen molar-refractivity contribution < 1.29 is 9.90 Å². The first kappa shape index (κ1) is 15.7. The van der Waals surface area contributed by atoms with E-state index in [4.69, 9.17) is 5.11 Å². The molecule has 1 aromatic heterocycles. The molecular weight excluding hydrogens is 264 g/mol. The third-order valence-corrected chi connectivity index (χ3v) is 3.58. The number of hydrogen-bond donors (Lipinski definition) is 3. The van der Waals surface area contributed by atoms with E-state index in [-0.39, 0.29) is 18.7 Å². The molecule has 0 saturated carbocycles. The summed E-state index contributed by atoms with van der Waals surface area (Å²) in [7, 11) is 3.87. The molecule has 2 amide bonds. The number of aliphatic hydroxyl groups excluding tert-OH is 1. The van der Waals surface area contributed by atoms with Crippen LogP contribution in [0.2, 0.25) is 0 Å². The van der Waals surface area contributed by atoms with E-state index in [1.54, 1.807) is 11.3 Å². The van der Waals surface area contributed by atoms with Crippen molar-refractivity contribution in [3.05, 3.63) is 11.1 Å². The Balaban J connectivity index is 2.29. The lowest BCUT2D eigenvalue weighted by Crippen LogP contribution is -2.40. The molecule has 0 spiro atoms. The van der Waals surface area contributed by atoms with Gasteiger partial charge in [0.15, 0.2) is 5.13 Å². The molecule has 0 saturated heterocycles. The summed E-state index contributed by atoms with van der Waals surface area (Å²) >= 11 is 1.55. The van der Waals surface area contributed by atoms with E-state index in [0.717, 1.165) is 17.2 Å². The predicted octanol–water partition coefficient (Wildman–Crippen LogP) is 1.17. The van der Waals surface area contributed by atoms with Crippen molar-refractivity contribution in [2.45, 2.75) is 32.4 Å². The first-order valence-corrected chi connectivity index (χ1v) is 7.18. The maximum absolute atomic E-state index is 11.6. The largest absolute Gasteiger partial charge is 0.396 e. The molecule has 6 nitrogen and oxygen atoms in total. The number of carbonyl (C=O) groups is 1. The number of nitrogens with one attached hydrogen (secondary N) is 2. The minimum Gasteiger partial charge on any atom is -0.396 e. The van der Waals surface area contributed by atoms with E-state index in [9.17, 15) is 4.79 Å². The van der Waals surface area contributed by atoms with Gasteiger partial charge in [0, 0.05) is 32.1 Å². The highest BCUT2D eigenvalue weighted by atomic mass is 32.1. The number of urea groups is 1. The van der Waals surface area contributed by atoms with Crippen LogP contribution in [0.1, 0.15) is 25.5 Å². The second-order valence-corrected chi connectivity index (χ2v) is 5.45. The van der Waals surface area contributed by atoms with Crippen LogP contribution in [0.5, 0.6) is 0 Å². The summed E-state index contributed by atoms with van der Waals surface area (Å²) in [6, 6.07) is -0.148. The fourth-order valence-corrected chi connectivity index (χ4v) is 2.26. The van der Waals surface area contributed by atoms with Gasteiger partial charge in [-0.1, -0.05) is 0 Å². The first-order chi connectivity index (χ1) is 9.02. The van der Waals surface area contributed by atoms with Gasteiger partial charge in [-0.3, -0.25) is 0 Å². The molecule has 1 heterocycles. The Kier molecular flexibility index (Phi) is 6.58. The van der Waals surface area contributed by atoms with E-state index < -0.39 is 0 Å². The van der Waals surface area contributed by atoms with Crippen LogP contribution >= 0.6 is 11.3 Å². The topological polar surface area (TPSA) is 77.5 Å². The van der Waals surface area contributed by atoms with Crippen molar-refractivity contribution in [2.75, 3.05) is 25.6 Å². The third-order valence-electron chi connectivity index (χ3n) is 2.53. The highest BCUT2D eigenvalue weighted by molar-refractivity contribution is 7.13. The molecule has 0 aliphatic heterocycles. The smallest absolute Gasteiger partial charge is 0.315 e. The number of carbonyl (C=O) groups excluding carboxylic acids is 1. The van der Waals surface area contributed by atoms with Crippen LogP contribution in [0.4, 0.5) is 9.93 Å².